The highest BCUT2D eigenvalue weighted by atomic mass is 32.2. The minimum atomic E-state index is -0.146. The molecule has 2 heterocycles. The molecule has 0 bridgehead atoms. The van der Waals surface area contributed by atoms with E-state index in [1.54, 1.807) is 15.9 Å². The van der Waals surface area contributed by atoms with Gasteiger partial charge < -0.3 is 5.32 Å². The number of amides is 1. The molecule has 1 aliphatic rings. The van der Waals surface area contributed by atoms with E-state index in [1.807, 2.05) is 0 Å². The molecule has 0 fully saturated rings. The number of aromatic nitrogens is 2. The SMILES string of the molecule is C#CCNC(=O)CSc1nc2sc3c(c2c(=O)n1CCC(C)C)CC[C@@H](C)C3. The molecule has 5 nitrogen and oxygen atoms in total. The van der Waals surface area contributed by atoms with Gasteiger partial charge in [-0.25, -0.2) is 4.98 Å². The molecule has 0 aliphatic heterocycles. The largest absolute Gasteiger partial charge is 0.344 e. The van der Waals surface area contributed by atoms with Gasteiger partial charge in [0.15, 0.2) is 5.16 Å². The zero-order valence-electron chi connectivity index (χ0n) is 16.7. The number of aryl methyl sites for hydroxylation is 1. The maximum Gasteiger partial charge on any atom is 0.263 e. The second-order valence-electron chi connectivity index (χ2n) is 7.84. The van der Waals surface area contributed by atoms with Crippen LogP contribution >= 0.6 is 23.1 Å². The number of carbonyl (C=O) groups is 1. The molecule has 150 valence electrons. The highest BCUT2D eigenvalue weighted by Gasteiger charge is 2.25. The molecule has 0 spiro atoms. The van der Waals surface area contributed by atoms with Gasteiger partial charge in [0.05, 0.1) is 17.7 Å². The zero-order valence-corrected chi connectivity index (χ0v) is 18.3. The van der Waals surface area contributed by atoms with Gasteiger partial charge in [-0.15, -0.1) is 17.8 Å². The molecule has 2 aromatic heterocycles. The van der Waals surface area contributed by atoms with E-state index < -0.39 is 0 Å². The quantitative estimate of drug-likeness (QED) is 0.426. The molecule has 0 unspecified atom stereocenters. The lowest BCUT2D eigenvalue weighted by Crippen LogP contribution is -2.27. The highest BCUT2D eigenvalue weighted by molar-refractivity contribution is 7.99. The van der Waals surface area contributed by atoms with Crippen LogP contribution in [0.15, 0.2) is 9.95 Å². The summed E-state index contributed by atoms with van der Waals surface area (Å²) in [5.74, 6) is 3.58. The van der Waals surface area contributed by atoms with Gasteiger partial charge in [0.1, 0.15) is 4.83 Å². The third-order valence-corrected chi connectivity index (χ3v) is 7.15. The Kier molecular flexibility index (Phi) is 6.84. The Morgan fingerprint density at radius 3 is 3.00 bits per heavy atom. The summed E-state index contributed by atoms with van der Waals surface area (Å²) in [5, 5.41) is 4.09. The molecule has 2 aromatic rings. The molecular formula is C21H27N3O2S2. The molecule has 0 saturated carbocycles. The summed E-state index contributed by atoms with van der Waals surface area (Å²) in [7, 11) is 0. The number of rotatable bonds is 7. The Hall–Kier alpha value is -1.78. The van der Waals surface area contributed by atoms with Crippen molar-refractivity contribution in [3.05, 3.63) is 20.8 Å². The van der Waals surface area contributed by atoms with Crippen LogP contribution in [0, 0.1) is 24.2 Å². The Morgan fingerprint density at radius 2 is 2.29 bits per heavy atom. The van der Waals surface area contributed by atoms with Gasteiger partial charge in [-0.05, 0) is 43.1 Å². The summed E-state index contributed by atoms with van der Waals surface area (Å²) < 4.78 is 1.77. The third kappa shape index (κ3) is 4.61. The summed E-state index contributed by atoms with van der Waals surface area (Å²) in [6.45, 7) is 7.38. The number of thioether (sulfide) groups is 1. The van der Waals surface area contributed by atoms with Crippen molar-refractivity contribution in [2.75, 3.05) is 12.3 Å². The van der Waals surface area contributed by atoms with Gasteiger partial charge in [-0.2, -0.15) is 0 Å². The minimum absolute atomic E-state index is 0.0456. The standard InChI is InChI=1S/C21H27N3O2S2/c1-5-9-22-17(25)12-27-21-23-19-18(20(26)24(21)10-8-13(2)3)15-7-6-14(4)11-16(15)28-19/h1,13-14H,6-12H2,2-4H3,(H,22,25)/t14-/m1/s1. The average molecular weight is 418 g/mol. The number of carbonyl (C=O) groups excluding carboxylic acids is 1. The number of hydrogen-bond donors (Lipinski definition) is 1. The number of fused-ring (bicyclic) bond motifs is 3. The van der Waals surface area contributed by atoms with Crippen LogP contribution in [0.1, 0.15) is 44.1 Å². The summed E-state index contributed by atoms with van der Waals surface area (Å²) in [5.41, 5.74) is 1.25. The lowest BCUT2D eigenvalue weighted by Gasteiger charge is -2.18. The molecule has 0 radical (unpaired) electrons. The summed E-state index contributed by atoms with van der Waals surface area (Å²) in [4.78, 5) is 32.3. The minimum Gasteiger partial charge on any atom is -0.344 e. The first-order valence-electron chi connectivity index (χ1n) is 9.78. The van der Waals surface area contributed by atoms with Gasteiger partial charge in [-0.3, -0.25) is 14.2 Å². The van der Waals surface area contributed by atoms with Crippen LogP contribution in [0.2, 0.25) is 0 Å². The molecule has 28 heavy (non-hydrogen) atoms. The Bertz CT molecular complexity index is 969. The number of terminal acetylenes is 1. The van der Waals surface area contributed by atoms with Crippen molar-refractivity contribution >= 4 is 39.2 Å². The fourth-order valence-corrected chi connectivity index (χ4v) is 5.71. The number of nitrogens with zero attached hydrogens (tertiary/aromatic N) is 2. The first-order valence-corrected chi connectivity index (χ1v) is 11.6. The predicted octanol–water partition coefficient (Wildman–Crippen LogP) is 3.47. The maximum atomic E-state index is 13.4. The molecule has 1 amide bonds. The van der Waals surface area contributed by atoms with Crippen LogP contribution in [-0.4, -0.2) is 27.8 Å². The second-order valence-corrected chi connectivity index (χ2v) is 9.86. The van der Waals surface area contributed by atoms with Crippen molar-refractivity contribution in [1.82, 2.24) is 14.9 Å². The van der Waals surface area contributed by atoms with Crippen LogP contribution in [-0.2, 0) is 24.2 Å². The lowest BCUT2D eigenvalue weighted by molar-refractivity contribution is -0.118. The second kappa shape index (κ2) is 9.15. The van der Waals surface area contributed by atoms with Crippen molar-refractivity contribution in [2.24, 2.45) is 11.8 Å². The third-order valence-electron chi connectivity index (χ3n) is 5.03. The predicted molar refractivity (Wildman–Crippen MR) is 117 cm³/mol. The fraction of sp³-hybridized carbons (Fsp3) is 0.571. The zero-order chi connectivity index (χ0) is 20.3. The van der Waals surface area contributed by atoms with Gasteiger partial charge in [0.25, 0.3) is 5.56 Å². The summed E-state index contributed by atoms with van der Waals surface area (Å²) >= 11 is 2.96. The molecule has 1 aliphatic carbocycles. The monoisotopic (exact) mass is 417 g/mol. The summed E-state index contributed by atoms with van der Waals surface area (Å²) in [6.07, 6.45) is 9.19. The number of thiophene rings is 1. The molecule has 0 saturated heterocycles. The van der Waals surface area contributed by atoms with E-state index in [1.165, 1.54) is 22.2 Å². The molecule has 0 aromatic carbocycles. The highest BCUT2D eigenvalue weighted by Crippen LogP contribution is 2.36. The molecule has 3 rings (SSSR count). The van der Waals surface area contributed by atoms with Crippen LogP contribution in [0.3, 0.4) is 0 Å². The molecular weight excluding hydrogens is 390 g/mol. The lowest BCUT2D eigenvalue weighted by atomic mass is 9.89. The van der Waals surface area contributed by atoms with Crippen molar-refractivity contribution < 1.29 is 4.79 Å². The van der Waals surface area contributed by atoms with E-state index >= 15 is 0 Å². The Morgan fingerprint density at radius 1 is 1.50 bits per heavy atom. The molecule has 1 N–H and O–H groups in total. The molecule has 1 atom stereocenters. The first kappa shape index (κ1) is 20.9. The van der Waals surface area contributed by atoms with Crippen LogP contribution in [0.4, 0.5) is 0 Å². The van der Waals surface area contributed by atoms with Crippen LogP contribution < -0.4 is 10.9 Å². The Labute approximate surface area is 174 Å². The fourth-order valence-electron chi connectivity index (χ4n) is 3.43. The van der Waals surface area contributed by atoms with Crippen LogP contribution in [0.25, 0.3) is 10.2 Å². The van der Waals surface area contributed by atoms with Gasteiger partial charge in [-0.1, -0.05) is 38.5 Å². The van der Waals surface area contributed by atoms with E-state index in [0.29, 0.717) is 23.5 Å². The van der Waals surface area contributed by atoms with Gasteiger partial charge in [0.2, 0.25) is 5.91 Å². The Balaban J connectivity index is 1.98. The maximum absolute atomic E-state index is 13.4. The van der Waals surface area contributed by atoms with Crippen molar-refractivity contribution in [2.45, 2.75) is 58.2 Å². The average Bonchev–Trinajstić information content (AvgIpc) is 3.01. The van der Waals surface area contributed by atoms with Crippen LogP contribution in [0.5, 0.6) is 0 Å². The summed E-state index contributed by atoms with van der Waals surface area (Å²) in [6, 6.07) is 0. The first-order chi connectivity index (χ1) is 13.4. The van der Waals surface area contributed by atoms with Crippen molar-refractivity contribution in [1.29, 1.82) is 0 Å². The topological polar surface area (TPSA) is 64.0 Å². The smallest absolute Gasteiger partial charge is 0.263 e. The van der Waals surface area contributed by atoms with Crippen molar-refractivity contribution in [3.8, 4) is 12.3 Å². The van der Waals surface area contributed by atoms with E-state index in [9.17, 15) is 9.59 Å². The van der Waals surface area contributed by atoms with E-state index in [0.717, 1.165) is 35.9 Å². The van der Waals surface area contributed by atoms with E-state index in [2.05, 4.69) is 32.0 Å². The number of hydrogen-bond acceptors (Lipinski definition) is 5. The number of nitrogens with one attached hydrogen (secondary N) is 1. The van der Waals surface area contributed by atoms with Crippen molar-refractivity contribution in [3.63, 3.8) is 0 Å². The molecule has 7 heteroatoms. The van der Waals surface area contributed by atoms with E-state index in [-0.39, 0.29) is 23.8 Å². The van der Waals surface area contributed by atoms with Gasteiger partial charge >= 0.3 is 0 Å². The normalized spacial score (nSPS) is 16.2. The van der Waals surface area contributed by atoms with Gasteiger partial charge in [0, 0.05) is 11.4 Å². The van der Waals surface area contributed by atoms with E-state index in [4.69, 9.17) is 11.4 Å².